The van der Waals surface area contributed by atoms with E-state index in [9.17, 15) is 9.59 Å². The zero-order valence-corrected chi connectivity index (χ0v) is 23.4. The molecule has 0 bridgehead atoms. The van der Waals surface area contributed by atoms with Crippen molar-refractivity contribution in [3.05, 3.63) is 107 Å². The molecule has 0 radical (unpaired) electrons. The van der Waals surface area contributed by atoms with Crippen LogP contribution in [0.2, 0.25) is 10.0 Å². The van der Waals surface area contributed by atoms with Gasteiger partial charge in [0.2, 0.25) is 11.8 Å². The molecule has 0 atom stereocenters. The molecule has 0 heterocycles. The molecule has 9 heteroatoms. The van der Waals surface area contributed by atoms with E-state index < -0.39 is 0 Å². The summed E-state index contributed by atoms with van der Waals surface area (Å²) in [4.78, 5) is 28.7. The van der Waals surface area contributed by atoms with Crippen LogP contribution in [0, 0.1) is 0 Å². The highest BCUT2D eigenvalue weighted by Crippen LogP contribution is 2.31. The van der Waals surface area contributed by atoms with Crippen LogP contribution in [-0.2, 0) is 9.59 Å². The van der Waals surface area contributed by atoms with Crippen LogP contribution < -0.4 is 10.6 Å². The predicted octanol–water partition coefficient (Wildman–Crippen LogP) is 8.61. The molecule has 2 amide bonds. The number of amides is 2. The van der Waals surface area contributed by atoms with Crippen LogP contribution in [0.15, 0.2) is 117 Å². The number of carbonyl (C=O) groups is 2. The van der Waals surface area contributed by atoms with Crippen molar-refractivity contribution in [2.75, 3.05) is 22.1 Å². The molecule has 0 aliphatic carbocycles. The van der Waals surface area contributed by atoms with E-state index in [2.05, 4.69) is 10.6 Å². The number of hydrogen-bond acceptors (Lipinski definition) is 5. The highest BCUT2D eigenvalue weighted by Gasteiger charge is 2.07. The Morgan fingerprint density at radius 3 is 1.32 bits per heavy atom. The topological polar surface area (TPSA) is 58.2 Å². The summed E-state index contributed by atoms with van der Waals surface area (Å²) in [5, 5.41) is 6.88. The molecule has 0 unspecified atom stereocenters. The number of benzene rings is 4. The van der Waals surface area contributed by atoms with Gasteiger partial charge < -0.3 is 10.6 Å². The quantitative estimate of drug-likeness (QED) is 0.183. The van der Waals surface area contributed by atoms with Crippen LogP contribution in [0.1, 0.15) is 0 Å². The zero-order valence-electron chi connectivity index (χ0n) is 19.4. The van der Waals surface area contributed by atoms with Crippen molar-refractivity contribution in [3.63, 3.8) is 0 Å². The summed E-state index contributed by atoms with van der Waals surface area (Å²) in [6.07, 6.45) is 0. The van der Waals surface area contributed by atoms with E-state index in [1.54, 1.807) is 48.2 Å². The van der Waals surface area contributed by atoms with Gasteiger partial charge in [-0.3, -0.25) is 9.59 Å². The summed E-state index contributed by atoms with van der Waals surface area (Å²) in [7, 11) is 0. The maximum absolute atomic E-state index is 12.2. The molecule has 4 aromatic rings. The number of rotatable bonds is 10. The van der Waals surface area contributed by atoms with E-state index >= 15 is 0 Å². The largest absolute Gasteiger partial charge is 0.325 e. The average Bonchev–Trinajstić information content (AvgIpc) is 2.88. The molecule has 37 heavy (non-hydrogen) atoms. The first-order valence-corrected chi connectivity index (χ1v) is 14.7. The van der Waals surface area contributed by atoms with Gasteiger partial charge in [0.1, 0.15) is 0 Å². The Kier molecular flexibility index (Phi) is 10.3. The predicted molar refractivity (Wildman–Crippen MR) is 159 cm³/mol. The van der Waals surface area contributed by atoms with Crippen molar-refractivity contribution >= 4 is 81.7 Å². The smallest absolute Gasteiger partial charge is 0.234 e. The van der Waals surface area contributed by atoms with Crippen molar-refractivity contribution in [1.29, 1.82) is 0 Å². The molecule has 0 aliphatic rings. The standard InChI is InChI=1S/C28H22Cl2N2O2S3/c29-19-3-1-5-21(15-19)31-27(33)17-35-23-7-11-25(12-8-23)37-26-13-9-24(10-14-26)36-18-28(34)32-22-6-2-4-20(30)16-22/h1-16H,17-18H2,(H,31,33)(H,32,34). The van der Waals surface area contributed by atoms with Gasteiger partial charge in [0.05, 0.1) is 11.5 Å². The van der Waals surface area contributed by atoms with Crippen LogP contribution in [-0.4, -0.2) is 23.3 Å². The molecule has 188 valence electrons. The fourth-order valence-corrected chi connectivity index (χ4v) is 5.76. The van der Waals surface area contributed by atoms with E-state index in [4.69, 9.17) is 23.2 Å². The fourth-order valence-electron chi connectivity index (χ4n) is 3.17. The molecular weight excluding hydrogens is 563 g/mol. The van der Waals surface area contributed by atoms with Crippen molar-refractivity contribution in [1.82, 2.24) is 0 Å². The number of anilines is 2. The molecule has 4 aromatic carbocycles. The van der Waals surface area contributed by atoms with Gasteiger partial charge in [0, 0.05) is 41.0 Å². The van der Waals surface area contributed by atoms with E-state index in [-0.39, 0.29) is 11.8 Å². The second-order valence-electron chi connectivity index (χ2n) is 7.74. The van der Waals surface area contributed by atoms with Gasteiger partial charge in [0.25, 0.3) is 0 Å². The second kappa shape index (κ2) is 13.8. The number of halogens is 2. The lowest BCUT2D eigenvalue weighted by Crippen LogP contribution is -2.13. The van der Waals surface area contributed by atoms with Crippen molar-refractivity contribution in [2.45, 2.75) is 19.6 Å². The van der Waals surface area contributed by atoms with Crippen LogP contribution >= 0.6 is 58.5 Å². The molecule has 0 aliphatic heterocycles. The van der Waals surface area contributed by atoms with Crippen molar-refractivity contribution < 1.29 is 9.59 Å². The highest BCUT2D eigenvalue weighted by molar-refractivity contribution is 8.00. The van der Waals surface area contributed by atoms with Gasteiger partial charge in [-0.2, -0.15) is 0 Å². The Hall–Kier alpha value is -2.55. The summed E-state index contributed by atoms with van der Waals surface area (Å²) in [6, 6.07) is 30.5. The number of carbonyl (C=O) groups excluding carboxylic acids is 2. The summed E-state index contributed by atoms with van der Waals surface area (Å²) in [6.45, 7) is 0. The van der Waals surface area contributed by atoms with E-state index in [1.165, 1.54) is 23.5 Å². The van der Waals surface area contributed by atoms with Crippen molar-refractivity contribution in [2.24, 2.45) is 0 Å². The Labute approximate surface area is 238 Å². The van der Waals surface area contributed by atoms with E-state index in [1.807, 2.05) is 60.7 Å². The summed E-state index contributed by atoms with van der Waals surface area (Å²) in [5.41, 5.74) is 1.38. The minimum atomic E-state index is -0.0781. The third kappa shape index (κ3) is 9.36. The first-order chi connectivity index (χ1) is 17.9. The molecular formula is C28H22Cl2N2O2S3. The third-order valence-electron chi connectivity index (χ3n) is 4.84. The normalized spacial score (nSPS) is 10.6. The number of hydrogen-bond donors (Lipinski definition) is 2. The minimum Gasteiger partial charge on any atom is -0.325 e. The number of nitrogens with one attached hydrogen (secondary N) is 2. The van der Waals surface area contributed by atoms with Crippen LogP contribution in [0.5, 0.6) is 0 Å². The van der Waals surface area contributed by atoms with Crippen molar-refractivity contribution in [3.8, 4) is 0 Å². The van der Waals surface area contributed by atoms with Gasteiger partial charge >= 0.3 is 0 Å². The maximum Gasteiger partial charge on any atom is 0.234 e. The Morgan fingerprint density at radius 2 is 0.946 bits per heavy atom. The molecule has 2 N–H and O–H groups in total. The SMILES string of the molecule is O=C(CSc1ccc(Sc2ccc(SCC(=O)Nc3cccc(Cl)c3)cc2)cc1)Nc1cccc(Cl)c1. The van der Waals surface area contributed by atoms with Crippen LogP contribution in [0.3, 0.4) is 0 Å². The monoisotopic (exact) mass is 584 g/mol. The van der Waals surface area contributed by atoms with Crippen LogP contribution in [0.4, 0.5) is 11.4 Å². The molecule has 0 aromatic heterocycles. The summed E-state index contributed by atoms with van der Waals surface area (Å²) >= 11 is 16.5. The zero-order chi connectivity index (χ0) is 26.0. The summed E-state index contributed by atoms with van der Waals surface area (Å²) in [5.74, 6) is 0.473. The Balaban J connectivity index is 1.20. The molecule has 0 saturated heterocycles. The number of thioether (sulfide) groups is 2. The van der Waals surface area contributed by atoms with Gasteiger partial charge in [-0.15, -0.1) is 23.5 Å². The van der Waals surface area contributed by atoms with Crippen LogP contribution in [0.25, 0.3) is 0 Å². The van der Waals surface area contributed by atoms with Gasteiger partial charge in [-0.05, 0) is 84.9 Å². The lowest BCUT2D eigenvalue weighted by Gasteiger charge is -2.07. The minimum absolute atomic E-state index is 0.0781. The lowest BCUT2D eigenvalue weighted by atomic mass is 10.3. The second-order valence-corrected chi connectivity index (χ2v) is 11.9. The molecule has 0 saturated carbocycles. The first kappa shape index (κ1) is 27.5. The molecule has 0 fully saturated rings. The molecule has 0 spiro atoms. The first-order valence-electron chi connectivity index (χ1n) is 11.2. The Morgan fingerprint density at radius 1 is 0.568 bits per heavy atom. The lowest BCUT2D eigenvalue weighted by molar-refractivity contribution is -0.114. The van der Waals surface area contributed by atoms with E-state index in [0.717, 1.165) is 19.6 Å². The highest BCUT2D eigenvalue weighted by atomic mass is 35.5. The average molecular weight is 586 g/mol. The summed E-state index contributed by atoms with van der Waals surface area (Å²) < 4.78 is 0. The van der Waals surface area contributed by atoms with Gasteiger partial charge in [0.15, 0.2) is 0 Å². The van der Waals surface area contributed by atoms with E-state index in [0.29, 0.717) is 32.9 Å². The third-order valence-corrected chi connectivity index (χ3v) is 8.35. The maximum atomic E-state index is 12.2. The fraction of sp³-hybridized carbons (Fsp3) is 0.0714. The molecule has 4 nitrogen and oxygen atoms in total. The van der Waals surface area contributed by atoms with Gasteiger partial charge in [-0.1, -0.05) is 47.1 Å². The molecule has 4 rings (SSSR count). The van der Waals surface area contributed by atoms with Gasteiger partial charge in [-0.25, -0.2) is 0 Å². The Bertz CT molecular complexity index is 1260.